The number of rotatable bonds is 10. The minimum absolute atomic E-state index is 0.438. The third-order valence-electron chi connectivity index (χ3n) is 3.36. The van der Waals surface area contributed by atoms with E-state index in [1.165, 1.54) is 18.4 Å². The van der Waals surface area contributed by atoms with E-state index in [9.17, 15) is 9.90 Å². The van der Waals surface area contributed by atoms with Gasteiger partial charge in [0.05, 0.1) is 0 Å². The fourth-order valence-corrected chi connectivity index (χ4v) is 2.02. The number of carbonyl (C=O) groups is 1. The average molecular weight is 278 g/mol. The standard InChI is InChI=1S/C17H26O3/c1-3-5-7-14-8-10-15(11-9-14)13-16(17(18)19)20-12-6-4-2/h8-11,16H,3-7,12-13H2,1-2H3,(H,18,19)/t16-/m0/s1. The fourth-order valence-electron chi connectivity index (χ4n) is 2.02. The van der Waals surface area contributed by atoms with E-state index in [0.29, 0.717) is 13.0 Å². The van der Waals surface area contributed by atoms with Gasteiger partial charge >= 0.3 is 5.97 Å². The van der Waals surface area contributed by atoms with Crippen LogP contribution in [0.25, 0.3) is 0 Å². The number of ether oxygens (including phenoxy) is 1. The van der Waals surface area contributed by atoms with Crippen molar-refractivity contribution in [2.24, 2.45) is 0 Å². The van der Waals surface area contributed by atoms with Crippen molar-refractivity contribution < 1.29 is 14.6 Å². The van der Waals surface area contributed by atoms with Crippen LogP contribution in [0.5, 0.6) is 0 Å². The molecule has 0 spiro atoms. The number of carboxylic acids is 1. The van der Waals surface area contributed by atoms with Crippen LogP contribution < -0.4 is 0 Å². The molecule has 1 aromatic carbocycles. The van der Waals surface area contributed by atoms with Gasteiger partial charge in [-0.05, 0) is 30.4 Å². The lowest BCUT2D eigenvalue weighted by Crippen LogP contribution is -2.26. The van der Waals surface area contributed by atoms with Crippen LogP contribution in [0.4, 0.5) is 0 Å². The van der Waals surface area contributed by atoms with E-state index in [4.69, 9.17) is 4.74 Å². The zero-order chi connectivity index (χ0) is 14.8. The Kier molecular flexibility index (Phi) is 7.97. The largest absolute Gasteiger partial charge is 0.479 e. The molecule has 112 valence electrons. The van der Waals surface area contributed by atoms with E-state index >= 15 is 0 Å². The number of hydrogen-bond acceptors (Lipinski definition) is 2. The molecular weight excluding hydrogens is 252 g/mol. The normalized spacial score (nSPS) is 12.3. The predicted octanol–water partition coefficient (Wildman–Crippen LogP) is 3.84. The Balaban J connectivity index is 2.52. The van der Waals surface area contributed by atoms with E-state index in [1.807, 2.05) is 12.1 Å². The molecule has 3 nitrogen and oxygen atoms in total. The van der Waals surface area contributed by atoms with Crippen molar-refractivity contribution in [3.8, 4) is 0 Å². The molecule has 0 unspecified atom stereocenters. The summed E-state index contributed by atoms with van der Waals surface area (Å²) in [6, 6.07) is 8.22. The molecule has 0 aliphatic rings. The highest BCUT2D eigenvalue weighted by Gasteiger charge is 2.18. The zero-order valence-corrected chi connectivity index (χ0v) is 12.6. The van der Waals surface area contributed by atoms with Crippen LogP contribution in [-0.4, -0.2) is 23.8 Å². The quantitative estimate of drug-likeness (QED) is 0.661. The van der Waals surface area contributed by atoms with E-state index in [0.717, 1.165) is 24.8 Å². The van der Waals surface area contributed by atoms with Crippen molar-refractivity contribution in [3.05, 3.63) is 35.4 Å². The topological polar surface area (TPSA) is 46.5 Å². The van der Waals surface area contributed by atoms with Gasteiger partial charge in [0, 0.05) is 13.0 Å². The monoisotopic (exact) mass is 278 g/mol. The molecule has 0 aliphatic carbocycles. The molecule has 0 radical (unpaired) electrons. The maximum Gasteiger partial charge on any atom is 0.333 e. The molecule has 0 saturated heterocycles. The highest BCUT2D eigenvalue weighted by molar-refractivity contribution is 5.72. The van der Waals surface area contributed by atoms with E-state index < -0.39 is 12.1 Å². The van der Waals surface area contributed by atoms with Crippen molar-refractivity contribution in [3.63, 3.8) is 0 Å². The second-order valence-corrected chi connectivity index (χ2v) is 5.18. The van der Waals surface area contributed by atoms with Crippen LogP contribution in [-0.2, 0) is 22.4 Å². The zero-order valence-electron chi connectivity index (χ0n) is 12.6. The molecule has 20 heavy (non-hydrogen) atoms. The van der Waals surface area contributed by atoms with Gasteiger partial charge in [0.25, 0.3) is 0 Å². The SMILES string of the molecule is CCCCO[C@@H](Cc1ccc(CCCC)cc1)C(=O)O. The smallest absolute Gasteiger partial charge is 0.333 e. The van der Waals surface area contributed by atoms with Gasteiger partial charge in [-0.3, -0.25) is 0 Å². The lowest BCUT2D eigenvalue weighted by molar-refractivity contribution is -0.150. The van der Waals surface area contributed by atoms with Gasteiger partial charge in [-0.1, -0.05) is 51.0 Å². The van der Waals surface area contributed by atoms with Gasteiger partial charge in [0.2, 0.25) is 0 Å². The first-order valence-electron chi connectivity index (χ1n) is 7.59. The average Bonchev–Trinajstić information content (AvgIpc) is 2.45. The van der Waals surface area contributed by atoms with Crippen molar-refractivity contribution in [2.45, 2.75) is 58.5 Å². The molecule has 1 rings (SSSR count). The first kappa shape index (κ1) is 16.7. The predicted molar refractivity (Wildman–Crippen MR) is 81.0 cm³/mol. The van der Waals surface area contributed by atoms with E-state index in [1.54, 1.807) is 0 Å². The van der Waals surface area contributed by atoms with Gasteiger partial charge in [-0.15, -0.1) is 0 Å². The molecule has 1 atom stereocenters. The second kappa shape index (κ2) is 9.54. The molecule has 1 N–H and O–H groups in total. The van der Waals surface area contributed by atoms with Gasteiger partial charge < -0.3 is 9.84 Å². The first-order valence-corrected chi connectivity index (χ1v) is 7.59. The number of hydrogen-bond donors (Lipinski definition) is 1. The molecular formula is C17H26O3. The Bertz CT molecular complexity index is 384. The van der Waals surface area contributed by atoms with Crippen molar-refractivity contribution in [1.82, 2.24) is 0 Å². The Labute approximate surface area is 122 Å². The highest BCUT2D eigenvalue weighted by Crippen LogP contribution is 2.11. The lowest BCUT2D eigenvalue weighted by Gasteiger charge is -2.13. The van der Waals surface area contributed by atoms with Gasteiger partial charge in [-0.2, -0.15) is 0 Å². The van der Waals surface area contributed by atoms with Crippen molar-refractivity contribution >= 4 is 5.97 Å². The summed E-state index contributed by atoms with van der Waals surface area (Å²) in [5, 5.41) is 9.18. The molecule has 0 fully saturated rings. The molecule has 3 heteroatoms. The lowest BCUT2D eigenvalue weighted by atomic mass is 10.0. The van der Waals surface area contributed by atoms with Crippen LogP contribution in [0, 0.1) is 0 Å². The number of aliphatic carboxylic acids is 1. The van der Waals surface area contributed by atoms with Crippen LogP contribution in [0.15, 0.2) is 24.3 Å². The Morgan fingerprint density at radius 1 is 1.10 bits per heavy atom. The van der Waals surface area contributed by atoms with Gasteiger partial charge in [0.15, 0.2) is 6.10 Å². The third-order valence-corrected chi connectivity index (χ3v) is 3.36. The maximum atomic E-state index is 11.2. The molecule has 0 heterocycles. The van der Waals surface area contributed by atoms with Crippen LogP contribution in [0.3, 0.4) is 0 Å². The summed E-state index contributed by atoms with van der Waals surface area (Å²) in [6.45, 7) is 4.76. The van der Waals surface area contributed by atoms with Crippen LogP contribution in [0.1, 0.15) is 50.7 Å². The molecule has 0 amide bonds. The summed E-state index contributed by atoms with van der Waals surface area (Å²) in [4.78, 5) is 11.2. The summed E-state index contributed by atoms with van der Waals surface area (Å²) in [5.41, 5.74) is 2.34. The molecule has 1 aromatic rings. The van der Waals surface area contributed by atoms with E-state index in [2.05, 4.69) is 26.0 Å². The highest BCUT2D eigenvalue weighted by atomic mass is 16.5. The van der Waals surface area contributed by atoms with Crippen LogP contribution in [0.2, 0.25) is 0 Å². The molecule has 0 saturated carbocycles. The Hall–Kier alpha value is -1.35. The van der Waals surface area contributed by atoms with Gasteiger partial charge in [0.1, 0.15) is 0 Å². The molecule has 0 aliphatic heterocycles. The van der Waals surface area contributed by atoms with Crippen molar-refractivity contribution in [1.29, 1.82) is 0 Å². The maximum absolute atomic E-state index is 11.2. The number of unbranched alkanes of at least 4 members (excludes halogenated alkanes) is 2. The van der Waals surface area contributed by atoms with Crippen molar-refractivity contribution in [2.75, 3.05) is 6.61 Å². The molecule has 0 aromatic heterocycles. The summed E-state index contributed by atoms with van der Waals surface area (Å²) in [7, 11) is 0. The minimum Gasteiger partial charge on any atom is -0.479 e. The summed E-state index contributed by atoms with van der Waals surface area (Å²) >= 11 is 0. The second-order valence-electron chi connectivity index (χ2n) is 5.18. The summed E-state index contributed by atoms with van der Waals surface area (Å²) in [5.74, 6) is -0.879. The first-order chi connectivity index (χ1) is 9.67. The number of carboxylic acid groups (broad SMARTS) is 1. The number of benzene rings is 1. The Morgan fingerprint density at radius 3 is 2.25 bits per heavy atom. The number of aryl methyl sites for hydroxylation is 1. The Morgan fingerprint density at radius 2 is 1.70 bits per heavy atom. The van der Waals surface area contributed by atoms with Crippen LogP contribution >= 0.6 is 0 Å². The summed E-state index contributed by atoms with van der Waals surface area (Å²) in [6.07, 6.45) is 5.09. The van der Waals surface area contributed by atoms with Gasteiger partial charge in [-0.25, -0.2) is 4.79 Å². The summed E-state index contributed by atoms with van der Waals surface area (Å²) < 4.78 is 5.44. The molecule has 0 bridgehead atoms. The van der Waals surface area contributed by atoms with E-state index in [-0.39, 0.29) is 0 Å². The minimum atomic E-state index is -0.879. The fraction of sp³-hybridized carbons (Fsp3) is 0.588. The third kappa shape index (κ3) is 6.20.